The predicted molar refractivity (Wildman–Crippen MR) is 200 cm³/mol. The number of nitrogens with zero attached hydrogens (tertiary/aromatic N) is 4. The van der Waals surface area contributed by atoms with Gasteiger partial charge in [0.05, 0.1) is 43.2 Å². The van der Waals surface area contributed by atoms with Crippen LogP contribution in [0.5, 0.6) is 11.5 Å². The number of hydrogen-bond acceptors (Lipinski definition) is 9. The molecule has 0 saturated heterocycles. The maximum absolute atomic E-state index is 13.1. The Bertz CT molecular complexity index is 1740. The van der Waals surface area contributed by atoms with Gasteiger partial charge in [-0.1, -0.05) is 17.6 Å². The molecule has 4 aliphatic heterocycles. The molecule has 13 heteroatoms. The maximum atomic E-state index is 13.1. The molecule has 0 bridgehead atoms. The number of carbonyl (C=O) groups excluding carboxylic acids is 3. The number of aliphatic hydroxyl groups excluding tert-OH is 1. The third-order valence-corrected chi connectivity index (χ3v) is 10.6. The molecule has 1 N–H and O–H groups in total. The van der Waals surface area contributed by atoms with Gasteiger partial charge >= 0.3 is 0 Å². The number of aliphatic hydroxyl groups is 1. The van der Waals surface area contributed by atoms with Gasteiger partial charge in [0.15, 0.2) is 0 Å². The predicted octanol–water partition coefficient (Wildman–Crippen LogP) is 7.43. The molecule has 2 aromatic rings. The Kier molecular flexibility index (Phi) is 14.6. The van der Waals surface area contributed by atoms with Crippen LogP contribution in [0.1, 0.15) is 91.6 Å². The third-order valence-electron chi connectivity index (χ3n) is 9.35. The Morgan fingerprint density at radius 2 is 1.50 bits per heavy atom. The van der Waals surface area contributed by atoms with Crippen LogP contribution >= 0.6 is 11.8 Å². The van der Waals surface area contributed by atoms with Crippen molar-refractivity contribution in [3.05, 3.63) is 75.4 Å². The summed E-state index contributed by atoms with van der Waals surface area (Å²) < 4.78 is 16.6. The van der Waals surface area contributed by atoms with E-state index in [1.165, 1.54) is 12.0 Å². The summed E-state index contributed by atoms with van der Waals surface area (Å²) in [4.78, 5) is 43.8. The van der Waals surface area contributed by atoms with E-state index < -0.39 is 6.23 Å². The smallest absolute Gasteiger partial charge is 0.260 e. The van der Waals surface area contributed by atoms with Crippen molar-refractivity contribution in [1.29, 1.82) is 0 Å². The SMILES string of the molecule is CC1=CN2C(=O)c3cc(C)c(OCCCCCOc4cc5c(cc4C)C(=O)N4C=C(C)C[C@H]4C(O)[N-]5)cc3N=C[C@@H]2C1.CSC(C)(C)CO[C-]=O.[Y]. The molecular formula is C39H48N4O7SY-2. The standard InChI is InChI=1S/C33H38N4O5.C6H11O2S.Y/c1-19-10-23-16-34-26-14-29(21(3)12-24(26)32(39)36(23)17-19)41-8-6-5-7-9-42-30-15-27-25(13-22(30)4)33(40)37-18-20(2)11-28(37)31(38)35-27;1-6(2,9-3)4-8-5-7;/h12-18,23,28,31,38H,5-11H2,1-4H3,(H,35,40);4H2,1-3H3;/q;-1;/p-1/t23-,28-,31?;;/m0../s1. The first kappa shape index (κ1) is 41.6. The van der Waals surface area contributed by atoms with Crippen molar-refractivity contribution < 1.29 is 66.4 Å². The van der Waals surface area contributed by atoms with Gasteiger partial charge in [0.1, 0.15) is 11.5 Å². The third kappa shape index (κ3) is 9.86. The van der Waals surface area contributed by atoms with Crippen molar-refractivity contribution >= 4 is 47.6 Å². The molecule has 1 radical (unpaired) electrons. The van der Waals surface area contributed by atoms with E-state index >= 15 is 0 Å². The van der Waals surface area contributed by atoms with Crippen LogP contribution in [0.4, 0.5) is 11.4 Å². The van der Waals surface area contributed by atoms with Gasteiger partial charge in [0, 0.05) is 73.9 Å². The summed E-state index contributed by atoms with van der Waals surface area (Å²) in [6.45, 7) is 14.8. The van der Waals surface area contributed by atoms with Gasteiger partial charge in [-0.3, -0.25) is 14.6 Å². The summed E-state index contributed by atoms with van der Waals surface area (Å²) in [5.74, 6) is 1.26. The maximum Gasteiger partial charge on any atom is 0.260 e. The second kappa shape index (κ2) is 18.2. The molecule has 3 atom stereocenters. The van der Waals surface area contributed by atoms with E-state index in [0.29, 0.717) is 54.5 Å². The second-order valence-electron chi connectivity index (χ2n) is 14.1. The first-order valence-electron chi connectivity index (χ1n) is 17.3. The number of carbonyl (C=O) groups is 2. The first-order valence-corrected chi connectivity index (χ1v) is 18.6. The Morgan fingerprint density at radius 3 is 2.15 bits per heavy atom. The van der Waals surface area contributed by atoms with Crippen LogP contribution in [0, 0.1) is 13.8 Å². The Hall–Kier alpha value is -3.19. The molecule has 4 aliphatic rings. The number of unbranched alkanes of at least 4 members (excludes halogenated alkanes) is 2. The molecule has 277 valence electrons. The van der Waals surface area contributed by atoms with Crippen LogP contribution in [0.15, 0.2) is 52.8 Å². The van der Waals surface area contributed by atoms with Gasteiger partial charge < -0.3 is 39.2 Å². The van der Waals surface area contributed by atoms with E-state index in [2.05, 4.69) is 15.0 Å². The van der Waals surface area contributed by atoms with Gasteiger partial charge in [-0.05, 0) is 109 Å². The van der Waals surface area contributed by atoms with Crippen molar-refractivity contribution in [3.8, 4) is 11.5 Å². The Morgan fingerprint density at radius 1 is 0.904 bits per heavy atom. The van der Waals surface area contributed by atoms with Crippen molar-refractivity contribution in [2.45, 2.75) is 96.7 Å². The number of rotatable bonds is 12. The number of amides is 2. The summed E-state index contributed by atoms with van der Waals surface area (Å²) in [6, 6.07) is 6.95. The fourth-order valence-corrected chi connectivity index (χ4v) is 6.50. The zero-order valence-corrected chi connectivity index (χ0v) is 34.8. The molecule has 4 heterocycles. The Labute approximate surface area is 336 Å². The van der Waals surface area contributed by atoms with Gasteiger partial charge in [0.25, 0.3) is 11.8 Å². The molecule has 0 spiro atoms. The largest absolute Gasteiger partial charge is 0.658 e. The van der Waals surface area contributed by atoms with E-state index in [0.717, 1.165) is 48.1 Å². The van der Waals surface area contributed by atoms with Gasteiger partial charge in [-0.15, -0.1) is 5.69 Å². The van der Waals surface area contributed by atoms with Crippen molar-refractivity contribution in [2.24, 2.45) is 4.99 Å². The molecule has 1 unspecified atom stereocenters. The monoisotopic (exact) mass is 805 g/mol. The summed E-state index contributed by atoms with van der Waals surface area (Å²) in [6.07, 6.45) is 10.6. The van der Waals surface area contributed by atoms with Crippen LogP contribution in [0.2, 0.25) is 0 Å². The number of ether oxygens (including phenoxy) is 3. The van der Waals surface area contributed by atoms with Crippen LogP contribution in [0.3, 0.4) is 0 Å². The number of aliphatic imine (C=N–C) groups is 1. The van der Waals surface area contributed by atoms with E-state index in [1.807, 2.05) is 84.6 Å². The van der Waals surface area contributed by atoms with Crippen LogP contribution in [0.25, 0.3) is 5.32 Å². The molecular weight excluding hydrogens is 757 g/mol. The molecule has 0 aliphatic carbocycles. The molecule has 52 heavy (non-hydrogen) atoms. The zero-order valence-electron chi connectivity index (χ0n) is 31.1. The quantitative estimate of drug-likeness (QED) is 0.173. The minimum absolute atomic E-state index is 0. The van der Waals surface area contributed by atoms with Crippen LogP contribution < -0.4 is 9.47 Å². The van der Waals surface area contributed by atoms with E-state index in [-0.39, 0.29) is 61.4 Å². The van der Waals surface area contributed by atoms with E-state index in [4.69, 9.17) is 9.47 Å². The summed E-state index contributed by atoms with van der Waals surface area (Å²) in [5.41, 5.74) is 6.22. The average Bonchev–Trinajstić information content (AvgIpc) is 3.63. The fourth-order valence-electron chi connectivity index (χ4n) is 6.32. The molecule has 0 aromatic heterocycles. The van der Waals surface area contributed by atoms with Crippen molar-refractivity contribution in [3.63, 3.8) is 0 Å². The first-order chi connectivity index (χ1) is 24.3. The van der Waals surface area contributed by atoms with Crippen LogP contribution in [-0.4, -0.2) is 88.5 Å². The number of hydrogen-bond donors (Lipinski definition) is 1. The fraction of sp³-hybridized carbons (Fsp3) is 0.487. The number of benzene rings is 2. The average molecular weight is 806 g/mol. The summed E-state index contributed by atoms with van der Waals surface area (Å²) >= 11 is 1.66. The Balaban J connectivity index is 0.000000537. The van der Waals surface area contributed by atoms with Crippen LogP contribution in [-0.2, 0) is 42.2 Å². The topological polar surface area (TPSA) is 132 Å². The summed E-state index contributed by atoms with van der Waals surface area (Å²) in [7, 11) is 0. The molecule has 2 amide bonds. The van der Waals surface area contributed by atoms with Crippen molar-refractivity contribution in [1.82, 2.24) is 9.80 Å². The number of thioether (sulfide) groups is 1. The normalized spacial score (nSPS) is 20.0. The molecule has 6 rings (SSSR count). The minimum Gasteiger partial charge on any atom is -0.658 e. The van der Waals surface area contributed by atoms with Gasteiger partial charge in [-0.2, -0.15) is 11.8 Å². The molecule has 0 saturated carbocycles. The number of aryl methyl sites for hydroxylation is 2. The van der Waals surface area contributed by atoms with Crippen molar-refractivity contribution in [2.75, 3.05) is 26.1 Å². The van der Waals surface area contributed by atoms with Gasteiger partial charge in [0.2, 0.25) is 0 Å². The van der Waals surface area contributed by atoms with Gasteiger partial charge in [-0.25, -0.2) is 0 Å². The van der Waals surface area contributed by atoms with E-state index in [1.54, 1.807) is 27.6 Å². The van der Waals surface area contributed by atoms with E-state index in [9.17, 15) is 19.5 Å². The second-order valence-corrected chi connectivity index (χ2v) is 15.6. The molecule has 0 fully saturated rings. The zero-order chi connectivity index (χ0) is 36.9. The minimum atomic E-state index is -0.978. The molecule has 11 nitrogen and oxygen atoms in total. The summed E-state index contributed by atoms with van der Waals surface area (Å²) in [5, 5.41) is 15.1. The number of fused-ring (bicyclic) bond motifs is 4. The molecule has 2 aromatic carbocycles.